The van der Waals surface area contributed by atoms with Gasteiger partial charge in [0.05, 0.1) is 31.6 Å². The van der Waals surface area contributed by atoms with Crippen LogP contribution in [0.5, 0.6) is 0 Å². The van der Waals surface area contributed by atoms with Crippen molar-refractivity contribution in [2.45, 2.75) is 32.1 Å². The summed E-state index contributed by atoms with van der Waals surface area (Å²) in [5.41, 5.74) is 4.85. The highest BCUT2D eigenvalue weighted by atomic mass is 16.5. The summed E-state index contributed by atoms with van der Waals surface area (Å²) < 4.78 is 4.78. The van der Waals surface area contributed by atoms with Crippen molar-refractivity contribution in [1.29, 1.82) is 0 Å². The van der Waals surface area contributed by atoms with Crippen molar-refractivity contribution in [3.63, 3.8) is 0 Å². The molecular formula is C27H27BN5O3. The number of aromatic nitrogens is 3. The van der Waals surface area contributed by atoms with Crippen molar-refractivity contribution >= 4 is 31.2 Å². The minimum absolute atomic E-state index is 0.163. The predicted octanol–water partition coefficient (Wildman–Crippen LogP) is 3.03. The summed E-state index contributed by atoms with van der Waals surface area (Å²) in [4.78, 5) is 38.0. The van der Waals surface area contributed by atoms with E-state index in [0.717, 1.165) is 60.2 Å². The lowest BCUT2D eigenvalue weighted by Gasteiger charge is -2.30. The monoisotopic (exact) mass is 480 g/mol. The zero-order valence-electron chi connectivity index (χ0n) is 20.4. The molecule has 36 heavy (non-hydrogen) atoms. The van der Waals surface area contributed by atoms with Crippen LogP contribution in [0.2, 0.25) is 0 Å². The number of pyridine rings is 1. The van der Waals surface area contributed by atoms with Gasteiger partial charge in [0.15, 0.2) is 0 Å². The smallest absolute Gasteiger partial charge is 0.310 e. The number of piperidine rings is 1. The minimum Gasteiger partial charge on any atom is -0.469 e. The van der Waals surface area contributed by atoms with Crippen LogP contribution in [0.3, 0.4) is 0 Å². The molecule has 0 aliphatic carbocycles. The van der Waals surface area contributed by atoms with Crippen LogP contribution in [0.4, 0.5) is 11.6 Å². The van der Waals surface area contributed by atoms with Gasteiger partial charge in [-0.2, -0.15) is 0 Å². The molecule has 1 aliphatic rings. The van der Waals surface area contributed by atoms with E-state index in [-0.39, 0.29) is 12.4 Å². The first-order valence-corrected chi connectivity index (χ1v) is 11.8. The molecule has 1 N–H and O–H groups in total. The van der Waals surface area contributed by atoms with Gasteiger partial charge in [-0.1, -0.05) is 24.1 Å². The molecule has 0 unspecified atom stereocenters. The number of carbonyl (C=O) groups excluding carboxylic acids is 2. The number of aryl methyl sites for hydroxylation is 1. The maximum absolute atomic E-state index is 11.7. The van der Waals surface area contributed by atoms with Crippen LogP contribution in [0.1, 0.15) is 46.8 Å². The molecule has 0 bridgehead atoms. The molecule has 1 aromatic carbocycles. The maximum atomic E-state index is 11.7. The Hall–Kier alpha value is -4.03. The van der Waals surface area contributed by atoms with Crippen LogP contribution >= 0.6 is 0 Å². The lowest BCUT2D eigenvalue weighted by Crippen LogP contribution is -2.36. The molecule has 0 atom stereocenters. The quantitative estimate of drug-likeness (QED) is 0.239. The Kier molecular flexibility index (Phi) is 8.42. The van der Waals surface area contributed by atoms with Gasteiger partial charge in [0.25, 0.3) is 7.41 Å². The fraction of sp³-hybridized carbons (Fsp3) is 0.296. The topological polar surface area (TPSA) is 97.3 Å². The molecule has 3 heterocycles. The number of esters is 1. The van der Waals surface area contributed by atoms with Gasteiger partial charge in [-0.25, -0.2) is 9.97 Å². The fourth-order valence-corrected chi connectivity index (χ4v) is 4.06. The highest BCUT2D eigenvalue weighted by molar-refractivity contribution is 6.64. The fourth-order valence-electron chi connectivity index (χ4n) is 4.06. The lowest BCUT2D eigenvalue weighted by atomic mass is 9.86. The lowest BCUT2D eigenvalue weighted by molar-refractivity contribution is -0.139. The van der Waals surface area contributed by atoms with Gasteiger partial charge in [-0.05, 0) is 62.5 Å². The third-order valence-electron chi connectivity index (χ3n) is 6.13. The Labute approximate surface area is 211 Å². The van der Waals surface area contributed by atoms with Crippen LogP contribution in [0, 0.1) is 18.8 Å². The van der Waals surface area contributed by atoms with E-state index in [4.69, 9.17) is 4.74 Å². The second-order valence-electron chi connectivity index (χ2n) is 8.58. The van der Waals surface area contributed by atoms with E-state index in [1.54, 1.807) is 19.8 Å². The summed E-state index contributed by atoms with van der Waals surface area (Å²) in [6.07, 6.45) is 6.46. The molecule has 1 fully saturated rings. The van der Waals surface area contributed by atoms with E-state index in [1.807, 2.05) is 48.1 Å². The Morgan fingerprint density at radius 2 is 1.97 bits per heavy atom. The van der Waals surface area contributed by atoms with Gasteiger partial charge in [0, 0.05) is 28.9 Å². The number of methoxy groups -OCH3 is 1. The third kappa shape index (κ3) is 6.55. The second-order valence-corrected chi connectivity index (χ2v) is 8.58. The summed E-state index contributed by atoms with van der Waals surface area (Å²) >= 11 is 0. The van der Waals surface area contributed by atoms with Crippen LogP contribution in [0.15, 0.2) is 48.8 Å². The molecular weight excluding hydrogens is 453 g/mol. The van der Waals surface area contributed by atoms with Crippen LogP contribution in [-0.4, -0.2) is 59.5 Å². The first-order chi connectivity index (χ1) is 17.6. The number of anilines is 2. The molecule has 1 saturated heterocycles. The van der Waals surface area contributed by atoms with Crippen molar-refractivity contribution in [2.75, 3.05) is 25.5 Å². The molecule has 1 aliphatic heterocycles. The number of nitrogens with zero attached hydrogens (tertiary/aromatic N) is 4. The number of rotatable bonds is 7. The number of nitrogens with one attached hydrogen (secondary N) is 1. The van der Waals surface area contributed by atoms with Crippen LogP contribution in [-0.2, 0) is 20.7 Å². The Bertz CT molecular complexity index is 1280. The summed E-state index contributed by atoms with van der Waals surface area (Å²) in [5.74, 6) is 6.75. The molecule has 181 valence electrons. The average molecular weight is 480 g/mol. The van der Waals surface area contributed by atoms with Crippen molar-refractivity contribution in [1.82, 2.24) is 19.8 Å². The molecule has 4 rings (SSSR count). The Morgan fingerprint density at radius 1 is 1.17 bits per heavy atom. The van der Waals surface area contributed by atoms with E-state index in [1.165, 1.54) is 7.11 Å². The zero-order chi connectivity index (χ0) is 25.3. The van der Waals surface area contributed by atoms with Gasteiger partial charge in [0.1, 0.15) is 5.69 Å². The molecule has 9 heteroatoms. The van der Waals surface area contributed by atoms with Crippen molar-refractivity contribution in [2.24, 2.45) is 0 Å². The van der Waals surface area contributed by atoms with Crippen molar-refractivity contribution in [3.05, 3.63) is 76.9 Å². The number of ether oxygens (including phenoxy) is 1. The summed E-state index contributed by atoms with van der Waals surface area (Å²) in [7, 11) is 2.98. The van der Waals surface area contributed by atoms with Crippen molar-refractivity contribution in [3.8, 4) is 11.8 Å². The summed E-state index contributed by atoms with van der Waals surface area (Å²) in [5, 5.41) is 3.20. The first-order valence-electron chi connectivity index (χ1n) is 11.8. The normalized spacial score (nSPS) is 13.8. The zero-order valence-corrected chi connectivity index (χ0v) is 20.4. The second kappa shape index (κ2) is 12.1. The third-order valence-corrected chi connectivity index (χ3v) is 6.13. The molecule has 1 radical (unpaired) electrons. The average Bonchev–Trinajstić information content (AvgIpc) is 2.91. The molecule has 0 saturated carbocycles. The molecule has 0 amide bonds. The molecule has 0 spiro atoms. The minimum atomic E-state index is -0.310. The highest BCUT2D eigenvalue weighted by Gasteiger charge is 2.21. The van der Waals surface area contributed by atoms with E-state index in [2.05, 4.69) is 32.1 Å². The van der Waals surface area contributed by atoms with E-state index < -0.39 is 0 Å². The largest absolute Gasteiger partial charge is 0.469 e. The van der Waals surface area contributed by atoms with Gasteiger partial charge in [0.2, 0.25) is 5.95 Å². The van der Waals surface area contributed by atoms with E-state index in [0.29, 0.717) is 17.6 Å². The van der Waals surface area contributed by atoms with Crippen LogP contribution < -0.4 is 5.32 Å². The number of hydrogen-bond acceptors (Lipinski definition) is 8. The van der Waals surface area contributed by atoms with Gasteiger partial charge >= 0.3 is 5.97 Å². The maximum Gasteiger partial charge on any atom is 0.310 e. The van der Waals surface area contributed by atoms with Gasteiger partial charge < -0.3 is 19.7 Å². The molecule has 2 aromatic heterocycles. The van der Waals surface area contributed by atoms with Crippen LogP contribution in [0.25, 0.3) is 0 Å². The van der Waals surface area contributed by atoms with E-state index in [9.17, 15) is 9.59 Å². The number of hydrogen-bond donors (Lipinski definition) is 1. The summed E-state index contributed by atoms with van der Waals surface area (Å²) in [6, 6.07) is 11.5. The highest BCUT2D eigenvalue weighted by Crippen LogP contribution is 2.27. The Balaban J connectivity index is 1.44. The van der Waals surface area contributed by atoms with Gasteiger partial charge in [-0.3, -0.25) is 9.78 Å². The number of benzene rings is 1. The Morgan fingerprint density at radius 3 is 2.69 bits per heavy atom. The van der Waals surface area contributed by atoms with E-state index >= 15 is 0 Å². The summed E-state index contributed by atoms with van der Waals surface area (Å²) in [6.45, 7) is 3.63. The molecule has 8 nitrogen and oxygen atoms in total. The number of carbonyl (C=O) groups is 2. The SMILES string of the molecule is COC(=O)Cc1ccccc1C#Cc1nc(Nc2ccc(C3CCN([B]C=O)CC3)nc2)ncc1C. The standard InChI is InChI=1S/C27H27BN5O3/c1-19-16-30-27(32-24(19)9-7-20-5-3-4-6-22(20)15-26(35)36-2)31-23-8-10-25(29-17-23)21-11-13-33(14-12-21)28-18-34/h3-6,8,10,16-18,21H,11-15H2,1-2H3,(H,30,31,32). The van der Waals surface area contributed by atoms with Crippen molar-refractivity contribution < 1.29 is 14.3 Å². The van der Waals surface area contributed by atoms with Gasteiger partial charge in [-0.15, -0.1) is 0 Å². The first kappa shape index (κ1) is 25.1. The predicted molar refractivity (Wildman–Crippen MR) is 138 cm³/mol. The molecule has 3 aromatic rings.